The molecular weight excluding hydrogens is 416 g/mol. The maximum atomic E-state index is 12.9. The molecule has 0 saturated carbocycles. The molecule has 1 aromatic heterocycles. The van der Waals surface area contributed by atoms with Crippen LogP contribution in [0.5, 0.6) is 5.75 Å². The van der Waals surface area contributed by atoms with Crippen molar-refractivity contribution in [3.05, 3.63) is 45.8 Å². The summed E-state index contributed by atoms with van der Waals surface area (Å²) in [5.74, 6) is -0.456. The fraction of sp³-hybridized carbons (Fsp3) is 0.435. The van der Waals surface area contributed by atoms with Crippen LogP contribution in [0.1, 0.15) is 70.6 Å². The zero-order valence-electron chi connectivity index (χ0n) is 18.9. The van der Waals surface area contributed by atoms with Gasteiger partial charge in [0.15, 0.2) is 0 Å². The van der Waals surface area contributed by atoms with E-state index in [9.17, 15) is 14.4 Å². The number of hydrogen-bond acceptors (Lipinski definition) is 6. The van der Waals surface area contributed by atoms with Crippen LogP contribution < -0.4 is 10.1 Å². The van der Waals surface area contributed by atoms with Crippen LogP contribution in [0.3, 0.4) is 0 Å². The summed E-state index contributed by atoms with van der Waals surface area (Å²) in [5, 5.41) is 3.09. The highest BCUT2D eigenvalue weighted by molar-refractivity contribution is 7.18. The lowest BCUT2D eigenvalue weighted by Gasteiger charge is -2.18. The van der Waals surface area contributed by atoms with Gasteiger partial charge in [-0.2, -0.15) is 0 Å². The van der Waals surface area contributed by atoms with Crippen molar-refractivity contribution < 1.29 is 23.9 Å². The summed E-state index contributed by atoms with van der Waals surface area (Å²) in [5.41, 5.74) is 1.14. The largest absolute Gasteiger partial charge is 0.491 e. The first-order chi connectivity index (χ1) is 14.7. The van der Waals surface area contributed by atoms with Crippen molar-refractivity contribution in [2.75, 3.05) is 25.0 Å². The first-order valence-corrected chi connectivity index (χ1v) is 11.2. The molecule has 0 aliphatic rings. The standard InChI is InChI=1S/C23H30N2O5S/c1-7-25(8-2)22(27)19-15(6)18(23(28)29-9-3)21(31-19)24-20(26)16-10-12-17(13-11-16)30-14(4)5/h10-14H,7-9H2,1-6H3,(H,24,26). The molecule has 0 atom stereocenters. The highest BCUT2D eigenvalue weighted by Gasteiger charge is 2.28. The van der Waals surface area contributed by atoms with Gasteiger partial charge >= 0.3 is 5.97 Å². The highest BCUT2D eigenvalue weighted by atomic mass is 32.1. The molecule has 7 nitrogen and oxygen atoms in total. The maximum Gasteiger partial charge on any atom is 0.341 e. The molecule has 8 heteroatoms. The van der Waals surface area contributed by atoms with Crippen LogP contribution in [0.25, 0.3) is 0 Å². The SMILES string of the molecule is CCOC(=O)c1c(NC(=O)c2ccc(OC(C)C)cc2)sc(C(=O)N(CC)CC)c1C. The molecule has 31 heavy (non-hydrogen) atoms. The van der Waals surface area contributed by atoms with E-state index in [0.717, 1.165) is 11.3 Å². The Hall–Kier alpha value is -2.87. The number of esters is 1. The van der Waals surface area contributed by atoms with E-state index in [1.54, 1.807) is 43.0 Å². The van der Waals surface area contributed by atoms with Crippen LogP contribution >= 0.6 is 11.3 Å². The first-order valence-electron chi connectivity index (χ1n) is 10.4. The van der Waals surface area contributed by atoms with E-state index < -0.39 is 5.97 Å². The normalized spacial score (nSPS) is 10.7. The highest BCUT2D eigenvalue weighted by Crippen LogP contribution is 2.35. The van der Waals surface area contributed by atoms with Crippen molar-refractivity contribution in [3.63, 3.8) is 0 Å². The minimum Gasteiger partial charge on any atom is -0.491 e. The molecule has 0 unspecified atom stereocenters. The van der Waals surface area contributed by atoms with E-state index >= 15 is 0 Å². The van der Waals surface area contributed by atoms with Crippen LogP contribution in [0.15, 0.2) is 24.3 Å². The summed E-state index contributed by atoms with van der Waals surface area (Å²) in [7, 11) is 0. The van der Waals surface area contributed by atoms with Crippen LogP contribution in [-0.4, -0.2) is 48.5 Å². The van der Waals surface area contributed by atoms with Crippen LogP contribution in [0, 0.1) is 6.92 Å². The lowest BCUT2D eigenvalue weighted by molar-refractivity contribution is 0.0527. The number of rotatable bonds is 9. The Morgan fingerprint density at radius 2 is 1.68 bits per heavy atom. The number of nitrogens with zero attached hydrogens (tertiary/aromatic N) is 1. The van der Waals surface area contributed by atoms with E-state index in [2.05, 4.69) is 5.32 Å². The lowest BCUT2D eigenvalue weighted by Crippen LogP contribution is -2.30. The van der Waals surface area contributed by atoms with Crippen molar-refractivity contribution in [1.82, 2.24) is 4.90 Å². The Labute approximate surface area is 187 Å². The summed E-state index contributed by atoms with van der Waals surface area (Å²) in [6, 6.07) is 6.74. The number of hydrogen-bond donors (Lipinski definition) is 1. The third-order valence-corrected chi connectivity index (χ3v) is 5.78. The number of carbonyl (C=O) groups is 3. The summed E-state index contributed by atoms with van der Waals surface area (Å²) in [6.45, 7) is 12.3. The number of carbonyl (C=O) groups excluding carboxylic acids is 3. The predicted molar refractivity (Wildman–Crippen MR) is 122 cm³/mol. The zero-order valence-corrected chi connectivity index (χ0v) is 19.7. The van der Waals surface area contributed by atoms with E-state index in [0.29, 0.717) is 39.8 Å². The van der Waals surface area contributed by atoms with Gasteiger partial charge in [0, 0.05) is 18.7 Å². The average molecular weight is 447 g/mol. The summed E-state index contributed by atoms with van der Waals surface area (Å²) < 4.78 is 10.8. The molecule has 0 spiro atoms. The molecule has 1 N–H and O–H groups in total. The Balaban J connectivity index is 2.37. The van der Waals surface area contributed by atoms with E-state index in [-0.39, 0.29) is 30.1 Å². The Morgan fingerprint density at radius 1 is 1.06 bits per heavy atom. The van der Waals surface area contributed by atoms with Crippen molar-refractivity contribution in [2.45, 2.75) is 47.6 Å². The molecule has 1 heterocycles. The van der Waals surface area contributed by atoms with E-state index in [1.807, 2.05) is 27.7 Å². The van der Waals surface area contributed by atoms with Crippen molar-refractivity contribution in [2.24, 2.45) is 0 Å². The Kier molecular flexibility index (Phi) is 8.62. The molecule has 2 amide bonds. The van der Waals surface area contributed by atoms with Gasteiger partial charge in [0.25, 0.3) is 11.8 Å². The fourth-order valence-electron chi connectivity index (χ4n) is 3.04. The van der Waals surface area contributed by atoms with Gasteiger partial charge in [-0.15, -0.1) is 11.3 Å². The smallest absolute Gasteiger partial charge is 0.341 e. The van der Waals surface area contributed by atoms with Gasteiger partial charge in [0.05, 0.1) is 23.2 Å². The molecular formula is C23H30N2O5S. The predicted octanol–water partition coefficient (Wildman–Crippen LogP) is 4.75. The molecule has 2 aromatic rings. The van der Waals surface area contributed by atoms with Gasteiger partial charge in [-0.1, -0.05) is 0 Å². The number of ether oxygens (including phenoxy) is 2. The molecule has 2 rings (SSSR count). The van der Waals surface area contributed by atoms with Crippen LogP contribution in [0.2, 0.25) is 0 Å². The van der Waals surface area contributed by atoms with Crippen molar-refractivity contribution >= 4 is 34.1 Å². The third kappa shape index (κ3) is 5.85. The summed E-state index contributed by atoms with van der Waals surface area (Å²) >= 11 is 1.09. The van der Waals surface area contributed by atoms with Crippen molar-refractivity contribution in [1.29, 1.82) is 0 Å². The molecule has 0 aliphatic carbocycles. The summed E-state index contributed by atoms with van der Waals surface area (Å²) in [4.78, 5) is 40.4. The van der Waals surface area contributed by atoms with Crippen molar-refractivity contribution in [3.8, 4) is 5.75 Å². The van der Waals surface area contributed by atoms with Gasteiger partial charge in [-0.05, 0) is 71.4 Å². The second-order valence-corrected chi connectivity index (χ2v) is 8.12. The molecule has 0 saturated heterocycles. The number of thiophene rings is 1. The Morgan fingerprint density at radius 3 is 2.19 bits per heavy atom. The topological polar surface area (TPSA) is 84.9 Å². The molecule has 168 valence electrons. The zero-order chi connectivity index (χ0) is 23.1. The van der Waals surface area contributed by atoms with Gasteiger partial charge in [-0.3, -0.25) is 9.59 Å². The molecule has 0 fully saturated rings. The van der Waals surface area contributed by atoms with Gasteiger partial charge in [0.1, 0.15) is 10.8 Å². The monoisotopic (exact) mass is 446 g/mol. The molecule has 0 radical (unpaired) electrons. The maximum absolute atomic E-state index is 12.9. The fourth-order valence-corrected chi connectivity index (χ4v) is 4.20. The number of amides is 2. The molecule has 0 aliphatic heterocycles. The number of anilines is 1. The second kappa shape index (κ2) is 10.9. The minimum absolute atomic E-state index is 0.0303. The van der Waals surface area contributed by atoms with Gasteiger partial charge < -0.3 is 19.7 Å². The average Bonchev–Trinajstić information content (AvgIpc) is 3.04. The first kappa shape index (κ1) is 24.4. The number of benzene rings is 1. The van der Waals surface area contributed by atoms with E-state index in [1.165, 1.54) is 0 Å². The van der Waals surface area contributed by atoms with Crippen LogP contribution in [0.4, 0.5) is 5.00 Å². The summed E-state index contributed by atoms with van der Waals surface area (Å²) in [6.07, 6.45) is 0.0303. The third-order valence-electron chi connectivity index (χ3n) is 4.59. The molecule has 0 bridgehead atoms. The van der Waals surface area contributed by atoms with Gasteiger partial charge in [-0.25, -0.2) is 4.79 Å². The Bertz CT molecular complexity index is 930. The minimum atomic E-state index is -0.564. The lowest BCUT2D eigenvalue weighted by atomic mass is 10.1. The number of nitrogens with one attached hydrogen (secondary N) is 1. The van der Waals surface area contributed by atoms with Gasteiger partial charge in [0.2, 0.25) is 0 Å². The van der Waals surface area contributed by atoms with E-state index in [4.69, 9.17) is 9.47 Å². The second-order valence-electron chi connectivity index (χ2n) is 7.10. The quantitative estimate of drug-likeness (QED) is 0.562. The van der Waals surface area contributed by atoms with Crippen LogP contribution in [-0.2, 0) is 4.74 Å². The molecule has 1 aromatic carbocycles.